The van der Waals surface area contributed by atoms with Crippen LogP contribution in [0.15, 0.2) is 12.4 Å². The summed E-state index contributed by atoms with van der Waals surface area (Å²) in [6, 6.07) is 0.709. The molecular weight excluding hydrogens is 328 g/mol. The molecule has 3 heterocycles. The Kier molecular flexibility index (Phi) is 3.60. The lowest BCUT2D eigenvalue weighted by Crippen LogP contribution is -2.42. The van der Waals surface area contributed by atoms with Gasteiger partial charge in [0, 0.05) is 19.2 Å². The lowest BCUT2D eigenvalue weighted by Gasteiger charge is -2.35. The van der Waals surface area contributed by atoms with Gasteiger partial charge in [-0.15, -0.1) is 0 Å². The third-order valence-electron chi connectivity index (χ3n) is 3.73. The van der Waals surface area contributed by atoms with Crippen LogP contribution in [-0.4, -0.2) is 38.8 Å². The molecule has 0 saturated carbocycles. The summed E-state index contributed by atoms with van der Waals surface area (Å²) in [6.07, 6.45) is -7.92. The van der Waals surface area contributed by atoms with Crippen LogP contribution in [-0.2, 0) is 6.18 Å². The van der Waals surface area contributed by atoms with Crippen molar-refractivity contribution in [3.8, 4) is 0 Å². The Morgan fingerprint density at radius 2 is 1.87 bits per heavy atom. The van der Waals surface area contributed by atoms with Crippen LogP contribution in [0, 0.1) is 5.92 Å². The fraction of sp³-hybridized carbons (Fsp3) is 0.583. The summed E-state index contributed by atoms with van der Waals surface area (Å²) in [5.41, 5.74) is -1.21. The minimum Gasteiger partial charge on any atom is -0.356 e. The molecule has 0 unspecified atom stereocenters. The summed E-state index contributed by atoms with van der Waals surface area (Å²) in [5, 5.41) is 3.76. The molecule has 1 aliphatic heterocycles. The Morgan fingerprint density at radius 1 is 1.13 bits per heavy atom. The first-order valence-electron chi connectivity index (χ1n) is 6.76. The highest BCUT2D eigenvalue weighted by molar-refractivity contribution is 5.48. The Balaban J connectivity index is 2.03. The van der Waals surface area contributed by atoms with Gasteiger partial charge in [-0.25, -0.2) is 4.98 Å². The van der Waals surface area contributed by atoms with Crippen LogP contribution < -0.4 is 4.90 Å². The number of anilines is 1. The molecule has 0 aliphatic carbocycles. The summed E-state index contributed by atoms with van der Waals surface area (Å²) < 4.78 is 78.5. The van der Waals surface area contributed by atoms with Gasteiger partial charge in [0.05, 0.1) is 5.92 Å². The maximum absolute atomic E-state index is 12.9. The van der Waals surface area contributed by atoms with Gasteiger partial charge in [-0.05, 0) is 12.8 Å². The summed E-state index contributed by atoms with van der Waals surface area (Å²) in [7, 11) is 0. The van der Waals surface area contributed by atoms with E-state index in [0.717, 1.165) is 10.8 Å². The van der Waals surface area contributed by atoms with Gasteiger partial charge in [-0.1, -0.05) is 0 Å². The highest BCUT2D eigenvalue weighted by Crippen LogP contribution is 2.36. The van der Waals surface area contributed by atoms with Gasteiger partial charge in [0.25, 0.3) is 5.78 Å². The molecule has 2 aromatic rings. The number of nitrogens with zero attached hydrogens (tertiary/aromatic N) is 5. The van der Waals surface area contributed by atoms with E-state index in [1.54, 1.807) is 0 Å². The van der Waals surface area contributed by atoms with Crippen molar-refractivity contribution in [1.29, 1.82) is 0 Å². The molecule has 0 spiro atoms. The van der Waals surface area contributed by atoms with Crippen LogP contribution >= 0.6 is 0 Å². The second kappa shape index (κ2) is 5.24. The van der Waals surface area contributed by atoms with Gasteiger partial charge in [0.2, 0.25) is 0 Å². The average molecular weight is 339 g/mol. The Labute approximate surface area is 125 Å². The largest absolute Gasteiger partial charge is 0.433 e. The minimum atomic E-state index is -4.72. The quantitative estimate of drug-likeness (QED) is 0.750. The monoisotopic (exact) mass is 339 g/mol. The molecule has 0 amide bonds. The first-order valence-corrected chi connectivity index (χ1v) is 6.76. The average Bonchev–Trinajstić information content (AvgIpc) is 2.93. The van der Waals surface area contributed by atoms with E-state index < -0.39 is 30.5 Å². The molecule has 3 rings (SSSR count). The van der Waals surface area contributed by atoms with E-state index in [2.05, 4.69) is 15.1 Å². The molecule has 2 aromatic heterocycles. The molecule has 1 fully saturated rings. The summed E-state index contributed by atoms with van der Waals surface area (Å²) >= 11 is 0. The molecule has 0 aromatic carbocycles. The van der Waals surface area contributed by atoms with Crippen molar-refractivity contribution in [1.82, 2.24) is 19.6 Å². The van der Waals surface area contributed by atoms with Crippen molar-refractivity contribution < 1.29 is 26.3 Å². The van der Waals surface area contributed by atoms with Crippen LogP contribution in [0.5, 0.6) is 0 Å². The second-order valence-corrected chi connectivity index (χ2v) is 5.30. The van der Waals surface area contributed by atoms with E-state index in [4.69, 9.17) is 0 Å². The maximum Gasteiger partial charge on any atom is 0.433 e. The minimum absolute atomic E-state index is 0.0439. The normalized spacial score (nSPS) is 20.3. The zero-order valence-corrected chi connectivity index (χ0v) is 11.6. The van der Waals surface area contributed by atoms with Crippen LogP contribution in [0.1, 0.15) is 18.5 Å². The summed E-state index contributed by atoms with van der Waals surface area (Å²) in [4.78, 5) is 8.20. The molecule has 1 atom stereocenters. The number of halogens is 6. The number of hydrogen-bond donors (Lipinski definition) is 0. The molecule has 23 heavy (non-hydrogen) atoms. The van der Waals surface area contributed by atoms with Gasteiger partial charge in [-0.2, -0.15) is 40.9 Å². The highest BCUT2D eigenvalue weighted by Gasteiger charge is 2.42. The maximum atomic E-state index is 12.9. The Bertz CT molecular complexity index is 706. The van der Waals surface area contributed by atoms with Crippen molar-refractivity contribution in [2.45, 2.75) is 25.2 Å². The summed E-state index contributed by atoms with van der Waals surface area (Å²) in [5.74, 6) is -1.98. The van der Waals surface area contributed by atoms with E-state index in [0.29, 0.717) is 6.07 Å². The standard InChI is InChI=1S/C12H11F6N5/c13-11(14,15)7-2-1-3-22(5-7)9-4-8(12(16,17)18)21-10-19-6-20-23(9)10/h4,6-7H,1-3,5H2/t7-/m1/s1. The van der Waals surface area contributed by atoms with Gasteiger partial charge in [0.1, 0.15) is 12.1 Å². The predicted octanol–water partition coefficient (Wildman–Crippen LogP) is 2.92. The molecule has 1 aliphatic rings. The van der Waals surface area contributed by atoms with E-state index in [1.807, 2.05) is 0 Å². The molecule has 0 N–H and O–H groups in total. The molecular formula is C12H11F6N5. The van der Waals surface area contributed by atoms with Crippen LogP contribution in [0.25, 0.3) is 5.78 Å². The number of rotatable bonds is 1. The fourth-order valence-corrected chi connectivity index (χ4v) is 2.62. The zero-order valence-electron chi connectivity index (χ0n) is 11.6. The van der Waals surface area contributed by atoms with Crippen LogP contribution in [0.2, 0.25) is 0 Å². The molecule has 0 bridgehead atoms. The second-order valence-electron chi connectivity index (χ2n) is 5.30. The lowest BCUT2D eigenvalue weighted by molar-refractivity contribution is -0.176. The molecule has 11 heteroatoms. The topological polar surface area (TPSA) is 46.3 Å². The van der Waals surface area contributed by atoms with E-state index in [1.165, 1.54) is 4.90 Å². The van der Waals surface area contributed by atoms with Crippen LogP contribution in [0.4, 0.5) is 32.2 Å². The van der Waals surface area contributed by atoms with Gasteiger partial charge in [-0.3, -0.25) is 0 Å². The van der Waals surface area contributed by atoms with E-state index >= 15 is 0 Å². The van der Waals surface area contributed by atoms with Crippen molar-refractivity contribution in [3.63, 3.8) is 0 Å². The third kappa shape index (κ3) is 3.04. The smallest absolute Gasteiger partial charge is 0.356 e. The number of fused-ring (bicyclic) bond motifs is 1. The molecule has 1 saturated heterocycles. The molecule has 5 nitrogen and oxygen atoms in total. The first kappa shape index (κ1) is 15.8. The predicted molar refractivity (Wildman–Crippen MR) is 66.8 cm³/mol. The van der Waals surface area contributed by atoms with Crippen molar-refractivity contribution in [2.75, 3.05) is 18.0 Å². The number of piperidine rings is 1. The highest BCUT2D eigenvalue weighted by atomic mass is 19.4. The van der Waals surface area contributed by atoms with Crippen LogP contribution in [0.3, 0.4) is 0 Å². The molecule has 126 valence electrons. The number of hydrogen-bond acceptors (Lipinski definition) is 4. The number of aromatic nitrogens is 4. The van der Waals surface area contributed by atoms with Crippen molar-refractivity contribution >= 4 is 11.6 Å². The Hall–Kier alpha value is -2.07. The SMILES string of the molecule is FC(F)(F)c1cc(N2CCC[C@@H](C(F)(F)F)C2)n2ncnc2n1. The fourth-order valence-electron chi connectivity index (χ4n) is 2.62. The number of alkyl halides is 6. The third-order valence-corrected chi connectivity index (χ3v) is 3.73. The Morgan fingerprint density at radius 3 is 2.52 bits per heavy atom. The zero-order chi connectivity index (χ0) is 16.8. The first-order chi connectivity index (χ1) is 10.7. The lowest BCUT2D eigenvalue weighted by atomic mass is 9.97. The van der Waals surface area contributed by atoms with Gasteiger partial charge < -0.3 is 4.90 Å². The summed E-state index contributed by atoms with van der Waals surface area (Å²) in [6.45, 7) is -0.206. The van der Waals surface area contributed by atoms with Gasteiger partial charge >= 0.3 is 12.4 Å². The van der Waals surface area contributed by atoms with Gasteiger partial charge in [0.15, 0.2) is 5.69 Å². The van der Waals surface area contributed by atoms with Crippen molar-refractivity contribution in [2.24, 2.45) is 5.92 Å². The van der Waals surface area contributed by atoms with Crippen molar-refractivity contribution in [3.05, 3.63) is 18.1 Å². The van der Waals surface area contributed by atoms with E-state index in [-0.39, 0.29) is 31.0 Å². The molecule has 0 radical (unpaired) electrons. The van der Waals surface area contributed by atoms with E-state index in [9.17, 15) is 26.3 Å².